The first-order valence-electron chi connectivity index (χ1n) is 10.4. The van der Waals surface area contributed by atoms with E-state index in [1.165, 1.54) is 0 Å². The Morgan fingerprint density at radius 1 is 1.26 bits per heavy atom. The number of benzene rings is 1. The normalized spacial score (nSPS) is 12.2. The second kappa shape index (κ2) is 9.59. The van der Waals surface area contributed by atoms with E-state index in [9.17, 15) is 0 Å². The van der Waals surface area contributed by atoms with Gasteiger partial charge in [-0.3, -0.25) is 0 Å². The number of nitrogens with zero attached hydrogens (tertiary/aromatic N) is 4. The third-order valence-corrected chi connectivity index (χ3v) is 5.52. The molecular formula is C24H29ClN4O2. The van der Waals surface area contributed by atoms with E-state index in [2.05, 4.69) is 49.6 Å². The molecule has 7 heteroatoms. The molecule has 3 aromatic rings. The van der Waals surface area contributed by atoms with Gasteiger partial charge in [-0.05, 0) is 50.5 Å². The number of aryl methyl sites for hydroxylation is 2. The largest absolute Gasteiger partial charge is 0.497 e. The smallest absolute Gasteiger partial charge is 0.165 e. The molecule has 1 aromatic carbocycles. The van der Waals surface area contributed by atoms with E-state index < -0.39 is 0 Å². The molecule has 31 heavy (non-hydrogen) atoms. The summed E-state index contributed by atoms with van der Waals surface area (Å²) in [5.74, 6) is 8.15. The molecule has 0 amide bonds. The second-order valence-electron chi connectivity index (χ2n) is 7.58. The van der Waals surface area contributed by atoms with Gasteiger partial charge in [0, 0.05) is 17.7 Å². The molecule has 0 unspecified atom stereocenters. The fourth-order valence-electron chi connectivity index (χ4n) is 4.12. The highest BCUT2D eigenvalue weighted by molar-refractivity contribution is 5.85. The quantitative estimate of drug-likeness (QED) is 0.519. The summed E-state index contributed by atoms with van der Waals surface area (Å²) >= 11 is 0. The van der Waals surface area contributed by atoms with Crippen LogP contribution >= 0.6 is 12.4 Å². The molecule has 0 radical (unpaired) electrons. The summed E-state index contributed by atoms with van der Waals surface area (Å²) in [5.41, 5.74) is 7.25. The van der Waals surface area contributed by atoms with Crippen molar-refractivity contribution in [2.24, 2.45) is 0 Å². The van der Waals surface area contributed by atoms with Crippen LogP contribution in [0.1, 0.15) is 42.8 Å². The maximum absolute atomic E-state index is 5.78. The molecule has 0 aliphatic carbocycles. The molecule has 4 rings (SSSR count). The van der Waals surface area contributed by atoms with E-state index in [0.29, 0.717) is 19.8 Å². The Balaban J connectivity index is 0.00000272. The van der Waals surface area contributed by atoms with Gasteiger partial charge in [0.1, 0.15) is 11.6 Å². The third kappa shape index (κ3) is 4.08. The Kier molecular flexibility index (Phi) is 7.09. The van der Waals surface area contributed by atoms with Crippen LogP contribution in [0.3, 0.4) is 0 Å². The molecule has 0 spiro atoms. The van der Waals surface area contributed by atoms with Gasteiger partial charge in [0.2, 0.25) is 0 Å². The Bertz CT molecular complexity index is 1160. The van der Waals surface area contributed by atoms with Gasteiger partial charge >= 0.3 is 0 Å². The number of aromatic nitrogens is 3. The molecular weight excluding hydrogens is 412 g/mol. The Labute approximate surface area is 190 Å². The van der Waals surface area contributed by atoms with Crippen LogP contribution in [-0.4, -0.2) is 34.8 Å². The Morgan fingerprint density at radius 2 is 2.06 bits per heavy atom. The SMILES string of the molecule is CC#CCN(CCC)c1c2c(nc3c(-c4ccc(OC)cc4C)c(C)nn13)COC2.Cl. The number of anilines is 1. The minimum atomic E-state index is 0. The van der Waals surface area contributed by atoms with Crippen molar-refractivity contribution in [2.75, 3.05) is 25.1 Å². The van der Waals surface area contributed by atoms with Crippen LogP contribution < -0.4 is 9.64 Å². The van der Waals surface area contributed by atoms with Gasteiger partial charge in [0.05, 0.1) is 38.3 Å². The number of fused-ring (bicyclic) bond motifs is 2. The van der Waals surface area contributed by atoms with Crippen molar-refractivity contribution in [2.45, 2.75) is 47.3 Å². The number of hydrogen-bond donors (Lipinski definition) is 0. The number of ether oxygens (including phenoxy) is 2. The summed E-state index contributed by atoms with van der Waals surface area (Å²) in [7, 11) is 1.69. The first-order chi connectivity index (χ1) is 14.6. The summed E-state index contributed by atoms with van der Waals surface area (Å²) in [4.78, 5) is 7.30. The highest BCUT2D eigenvalue weighted by Gasteiger charge is 2.27. The van der Waals surface area contributed by atoms with Gasteiger partial charge in [-0.2, -0.15) is 9.61 Å². The fraction of sp³-hybridized carbons (Fsp3) is 0.417. The summed E-state index contributed by atoms with van der Waals surface area (Å²) in [5, 5.41) is 4.94. The zero-order valence-electron chi connectivity index (χ0n) is 18.8. The van der Waals surface area contributed by atoms with Gasteiger partial charge in [-0.15, -0.1) is 18.3 Å². The Hall–Kier alpha value is -2.75. The topological polar surface area (TPSA) is 51.9 Å². The minimum Gasteiger partial charge on any atom is -0.497 e. The van der Waals surface area contributed by atoms with E-state index in [4.69, 9.17) is 19.6 Å². The van der Waals surface area contributed by atoms with E-state index >= 15 is 0 Å². The molecule has 0 N–H and O–H groups in total. The van der Waals surface area contributed by atoms with E-state index in [0.717, 1.165) is 63.8 Å². The van der Waals surface area contributed by atoms with Crippen LogP contribution in [0.2, 0.25) is 0 Å². The summed E-state index contributed by atoms with van der Waals surface area (Å²) in [6, 6.07) is 6.13. The van der Waals surface area contributed by atoms with Crippen molar-refractivity contribution in [3.05, 3.63) is 40.7 Å². The van der Waals surface area contributed by atoms with Gasteiger partial charge in [0.15, 0.2) is 5.65 Å². The zero-order valence-corrected chi connectivity index (χ0v) is 19.6. The molecule has 0 fully saturated rings. The van der Waals surface area contributed by atoms with Crippen LogP contribution in [0, 0.1) is 25.7 Å². The van der Waals surface area contributed by atoms with E-state index in [1.807, 2.05) is 17.5 Å². The van der Waals surface area contributed by atoms with Crippen LogP contribution in [-0.2, 0) is 18.0 Å². The fourth-order valence-corrected chi connectivity index (χ4v) is 4.12. The summed E-state index contributed by atoms with van der Waals surface area (Å²) in [6.45, 7) is 10.9. The van der Waals surface area contributed by atoms with Crippen LogP contribution in [0.4, 0.5) is 5.82 Å². The lowest BCUT2D eigenvalue weighted by Gasteiger charge is -2.24. The van der Waals surface area contributed by atoms with Gasteiger partial charge in [-0.25, -0.2) is 4.98 Å². The number of methoxy groups -OCH3 is 1. The van der Waals surface area contributed by atoms with Gasteiger partial charge in [0.25, 0.3) is 0 Å². The monoisotopic (exact) mass is 440 g/mol. The molecule has 164 valence electrons. The lowest BCUT2D eigenvalue weighted by molar-refractivity contribution is 0.133. The molecule has 6 nitrogen and oxygen atoms in total. The number of halogens is 1. The summed E-state index contributed by atoms with van der Waals surface area (Å²) in [6.07, 6.45) is 1.02. The number of hydrogen-bond acceptors (Lipinski definition) is 5. The van der Waals surface area contributed by atoms with Crippen molar-refractivity contribution in [1.29, 1.82) is 0 Å². The number of rotatable bonds is 6. The van der Waals surface area contributed by atoms with Crippen molar-refractivity contribution < 1.29 is 9.47 Å². The van der Waals surface area contributed by atoms with Crippen molar-refractivity contribution in [1.82, 2.24) is 14.6 Å². The van der Waals surface area contributed by atoms with Crippen LogP contribution in [0.15, 0.2) is 18.2 Å². The maximum Gasteiger partial charge on any atom is 0.165 e. The Morgan fingerprint density at radius 3 is 2.74 bits per heavy atom. The lowest BCUT2D eigenvalue weighted by Crippen LogP contribution is -2.28. The molecule has 0 saturated carbocycles. The predicted octanol–water partition coefficient (Wildman–Crippen LogP) is 4.71. The molecule has 0 saturated heterocycles. The maximum atomic E-state index is 5.78. The second-order valence-corrected chi connectivity index (χ2v) is 7.58. The van der Waals surface area contributed by atoms with Crippen molar-refractivity contribution >= 4 is 23.9 Å². The van der Waals surface area contributed by atoms with Crippen LogP contribution in [0.25, 0.3) is 16.8 Å². The zero-order chi connectivity index (χ0) is 21.3. The highest BCUT2D eigenvalue weighted by atomic mass is 35.5. The third-order valence-electron chi connectivity index (χ3n) is 5.52. The lowest BCUT2D eigenvalue weighted by atomic mass is 10.0. The van der Waals surface area contributed by atoms with Gasteiger partial charge in [-0.1, -0.05) is 18.9 Å². The predicted molar refractivity (Wildman–Crippen MR) is 126 cm³/mol. The first kappa shape index (κ1) is 22.9. The highest BCUT2D eigenvalue weighted by Crippen LogP contribution is 2.37. The molecule has 1 aliphatic rings. The minimum absolute atomic E-state index is 0. The first-order valence-corrected chi connectivity index (χ1v) is 10.4. The average molecular weight is 441 g/mol. The van der Waals surface area contributed by atoms with Gasteiger partial charge < -0.3 is 14.4 Å². The van der Waals surface area contributed by atoms with E-state index in [1.54, 1.807) is 7.11 Å². The molecule has 3 heterocycles. The van der Waals surface area contributed by atoms with Crippen LogP contribution in [0.5, 0.6) is 5.75 Å². The molecule has 0 bridgehead atoms. The molecule has 2 aromatic heterocycles. The molecule has 0 atom stereocenters. The standard InChI is InChI=1S/C24H28N4O2.ClH/c1-6-8-12-27(11-7-2)24-20-14-30-15-21(20)25-23-22(17(4)26-28(23)24)19-10-9-18(29-5)13-16(19)3;/h9-10,13H,7,11-12,14-15H2,1-5H3;1H. The van der Waals surface area contributed by atoms with E-state index in [-0.39, 0.29) is 12.4 Å². The summed E-state index contributed by atoms with van der Waals surface area (Å²) < 4.78 is 13.2. The average Bonchev–Trinajstić information content (AvgIpc) is 3.33. The molecule has 1 aliphatic heterocycles. The van der Waals surface area contributed by atoms with Crippen molar-refractivity contribution in [3.8, 4) is 28.7 Å². The van der Waals surface area contributed by atoms with Crippen molar-refractivity contribution in [3.63, 3.8) is 0 Å².